The quantitative estimate of drug-likeness (QED) is 0.799. The molecule has 0 aliphatic carbocycles. The second-order valence-corrected chi connectivity index (χ2v) is 5.59. The summed E-state index contributed by atoms with van der Waals surface area (Å²) in [6.45, 7) is 6.63. The second-order valence-electron chi connectivity index (χ2n) is 5.07. The molecule has 2 rings (SSSR count). The molecule has 1 aromatic heterocycles. The van der Waals surface area contributed by atoms with Crippen molar-refractivity contribution < 1.29 is 0 Å². The van der Waals surface area contributed by atoms with Crippen molar-refractivity contribution in [3.05, 3.63) is 47.8 Å². The maximum Gasteiger partial charge on any atom is 0.0745 e. The van der Waals surface area contributed by atoms with E-state index in [1.807, 2.05) is 29.8 Å². The molecule has 2 aromatic rings. The Bertz CT molecular complexity index is 592. The van der Waals surface area contributed by atoms with Crippen LogP contribution < -0.4 is 10.6 Å². The van der Waals surface area contributed by atoms with E-state index >= 15 is 0 Å². The van der Waals surface area contributed by atoms with Crippen molar-refractivity contribution >= 4 is 22.9 Å². The highest BCUT2D eigenvalue weighted by molar-refractivity contribution is 7.80. The molecule has 0 saturated carbocycles. The predicted molar refractivity (Wildman–Crippen MR) is 91.5 cm³/mol. The lowest BCUT2D eigenvalue weighted by Gasteiger charge is -2.25. The van der Waals surface area contributed by atoms with E-state index in [0.29, 0.717) is 11.4 Å². The Kier molecular flexibility index (Phi) is 5.33. The topological polar surface area (TPSA) is 47.1 Å². The van der Waals surface area contributed by atoms with Gasteiger partial charge in [-0.3, -0.25) is 4.68 Å². The van der Waals surface area contributed by atoms with Crippen LogP contribution in [0.4, 0.5) is 5.69 Å². The molecule has 0 aliphatic rings. The fourth-order valence-corrected chi connectivity index (χ4v) is 2.47. The number of aryl methyl sites for hydroxylation is 2. The molecule has 0 unspecified atom stereocenters. The number of rotatable bonds is 7. The van der Waals surface area contributed by atoms with Gasteiger partial charge in [-0.15, -0.1) is 0 Å². The molecule has 0 radical (unpaired) electrons. The van der Waals surface area contributed by atoms with Crippen LogP contribution in [0.1, 0.15) is 24.7 Å². The summed E-state index contributed by atoms with van der Waals surface area (Å²) in [6, 6.07) is 12.5. The van der Waals surface area contributed by atoms with Gasteiger partial charge in [-0.05, 0) is 32.0 Å². The van der Waals surface area contributed by atoms with Gasteiger partial charge in [-0.2, -0.15) is 5.10 Å². The Labute approximate surface area is 131 Å². The van der Waals surface area contributed by atoms with Crippen molar-refractivity contribution in [3.63, 3.8) is 0 Å². The Balaban J connectivity index is 2.20. The van der Waals surface area contributed by atoms with Crippen LogP contribution in [0.25, 0.3) is 0 Å². The van der Waals surface area contributed by atoms with Gasteiger partial charge < -0.3 is 10.6 Å². The molecule has 4 nitrogen and oxygen atoms in total. The lowest BCUT2D eigenvalue weighted by Crippen LogP contribution is -2.28. The summed E-state index contributed by atoms with van der Waals surface area (Å²) in [5.41, 5.74) is 9.10. The molecule has 0 bridgehead atoms. The van der Waals surface area contributed by atoms with Crippen LogP contribution in [-0.2, 0) is 13.1 Å². The molecule has 21 heavy (non-hydrogen) atoms. The van der Waals surface area contributed by atoms with E-state index < -0.39 is 0 Å². The number of hydrogen-bond donors (Lipinski definition) is 1. The van der Waals surface area contributed by atoms with Gasteiger partial charge in [0.1, 0.15) is 0 Å². The van der Waals surface area contributed by atoms with Gasteiger partial charge in [-0.1, -0.05) is 30.4 Å². The third-order valence-corrected chi connectivity index (χ3v) is 3.59. The Morgan fingerprint density at radius 2 is 2.05 bits per heavy atom. The van der Waals surface area contributed by atoms with Crippen LogP contribution in [0.15, 0.2) is 36.4 Å². The summed E-state index contributed by atoms with van der Waals surface area (Å²) in [5.74, 6) is 0. The maximum atomic E-state index is 5.66. The summed E-state index contributed by atoms with van der Waals surface area (Å²) in [7, 11) is 0. The van der Waals surface area contributed by atoms with Crippen molar-refractivity contribution in [2.45, 2.75) is 33.4 Å². The summed E-state index contributed by atoms with van der Waals surface area (Å²) in [4.78, 5) is 2.85. The number of benzene rings is 1. The van der Waals surface area contributed by atoms with E-state index in [-0.39, 0.29) is 0 Å². The lowest BCUT2D eigenvalue weighted by atomic mass is 10.2. The molecule has 112 valence electrons. The molecule has 0 saturated heterocycles. The smallest absolute Gasteiger partial charge is 0.0745 e. The van der Waals surface area contributed by atoms with Crippen molar-refractivity contribution in [1.29, 1.82) is 0 Å². The van der Waals surface area contributed by atoms with Gasteiger partial charge in [0, 0.05) is 25.2 Å². The molecule has 0 fully saturated rings. The molecule has 0 aliphatic heterocycles. The van der Waals surface area contributed by atoms with Crippen LogP contribution in [0.3, 0.4) is 0 Å². The molecular formula is C16H22N4S. The third kappa shape index (κ3) is 4.29. The molecule has 0 atom stereocenters. The Hall–Kier alpha value is -1.88. The van der Waals surface area contributed by atoms with Crippen LogP contribution >= 0.6 is 12.2 Å². The van der Waals surface area contributed by atoms with E-state index in [0.717, 1.165) is 25.3 Å². The van der Waals surface area contributed by atoms with Crippen molar-refractivity contribution in [3.8, 4) is 0 Å². The zero-order chi connectivity index (χ0) is 15.2. The van der Waals surface area contributed by atoms with Crippen LogP contribution in [-0.4, -0.2) is 21.3 Å². The van der Waals surface area contributed by atoms with Gasteiger partial charge >= 0.3 is 0 Å². The van der Waals surface area contributed by atoms with Crippen LogP contribution in [0.5, 0.6) is 0 Å². The molecule has 1 aromatic carbocycles. The number of para-hydroxylation sites is 1. The minimum absolute atomic E-state index is 0.552. The van der Waals surface area contributed by atoms with E-state index in [1.165, 1.54) is 11.4 Å². The van der Waals surface area contributed by atoms with Crippen LogP contribution in [0, 0.1) is 6.92 Å². The number of nitrogens with two attached hydrogens (primary N) is 1. The number of thiocarbonyl (C=S) groups is 1. The van der Waals surface area contributed by atoms with Crippen molar-refractivity contribution in [2.24, 2.45) is 5.73 Å². The van der Waals surface area contributed by atoms with E-state index in [9.17, 15) is 0 Å². The maximum absolute atomic E-state index is 5.66. The Morgan fingerprint density at radius 1 is 1.33 bits per heavy atom. The molecule has 2 N–H and O–H groups in total. The van der Waals surface area contributed by atoms with Gasteiger partial charge in [-0.25, -0.2) is 0 Å². The SMILES string of the molecule is CCn1nc(C)cc1CN(CCC(N)=S)c1ccccc1. The van der Waals surface area contributed by atoms with Gasteiger partial charge in [0.25, 0.3) is 0 Å². The summed E-state index contributed by atoms with van der Waals surface area (Å²) >= 11 is 5.01. The van der Waals surface area contributed by atoms with Crippen molar-refractivity contribution in [1.82, 2.24) is 9.78 Å². The zero-order valence-electron chi connectivity index (χ0n) is 12.6. The molecule has 0 spiro atoms. The average Bonchev–Trinajstić information content (AvgIpc) is 2.84. The normalized spacial score (nSPS) is 10.6. The predicted octanol–water partition coefficient (Wildman–Crippen LogP) is 2.89. The molecule has 5 heteroatoms. The number of hydrogen-bond acceptors (Lipinski definition) is 3. The van der Waals surface area contributed by atoms with Crippen LogP contribution in [0.2, 0.25) is 0 Å². The highest BCUT2D eigenvalue weighted by Gasteiger charge is 2.11. The highest BCUT2D eigenvalue weighted by Crippen LogP contribution is 2.18. The first kappa shape index (κ1) is 15.5. The third-order valence-electron chi connectivity index (χ3n) is 3.39. The average molecular weight is 302 g/mol. The summed E-state index contributed by atoms with van der Waals surface area (Å²) in [6.07, 6.45) is 0.712. The first-order valence-electron chi connectivity index (χ1n) is 7.21. The Morgan fingerprint density at radius 3 is 2.67 bits per heavy atom. The monoisotopic (exact) mass is 302 g/mol. The number of nitrogens with zero attached hydrogens (tertiary/aromatic N) is 3. The standard InChI is InChI=1S/C16H22N4S/c1-3-20-15(11-13(2)18-20)12-19(10-9-16(17)21)14-7-5-4-6-8-14/h4-8,11H,3,9-10,12H2,1-2H3,(H2,17,21). The van der Waals surface area contributed by atoms with Gasteiger partial charge in [0.05, 0.1) is 22.9 Å². The lowest BCUT2D eigenvalue weighted by molar-refractivity contribution is 0.606. The summed E-state index contributed by atoms with van der Waals surface area (Å²) in [5, 5.41) is 4.51. The second kappa shape index (κ2) is 7.22. The van der Waals surface area contributed by atoms with Gasteiger partial charge in [0.2, 0.25) is 0 Å². The van der Waals surface area contributed by atoms with E-state index in [2.05, 4.69) is 35.1 Å². The molecule has 1 heterocycles. The minimum atomic E-state index is 0.552. The number of anilines is 1. The largest absolute Gasteiger partial charge is 0.393 e. The minimum Gasteiger partial charge on any atom is -0.393 e. The van der Waals surface area contributed by atoms with Gasteiger partial charge in [0.15, 0.2) is 0 Å². The molecular weight excluding hydrogens is 280 g/mol. The van der Waals surface area contributed by atoms with Crippen molar-refractivity contribution in [2.75, 3.05) is 11.4 Å². The number of aromatic nitrogens is 2. The molecule has 0 amide bonds. The highest BCUT2D eigenvalue weighted by atomic mass is 32.1. The summed E-state index contributed by atoms with van der Waals surface area (Å²) < 4.78 is 2.05. The first-order valence-corrected chi connectivity index (χ1v) is 7.62. The fourth-order valence-electron chi connectivity index (χ4n) is 2.38. The zero-order valence-corrected chi connectivity index (χ0v) is 13.4. The van der Waals surface area contributed by atoms with E-state index in [4.69, 9.17) is 18.0 Å². The fraction of sp³-hybridized carbons (Fsp3) is 0.375. The first-order chi connectivity index (χ1) is 10.1. The van der Waals surface area contributed by atoms with E-state index in [1.54, 1.807) is 0 Å².